The molecule has 17 nitrogen and oxygen atoms in total. The average molecular weight is 966 g/mol. The molecular formula is C50H54F3N9O8. The number of H-pyrrole nitrogens is 2. The molecule has 4 amide bonds. The van der Waals surface area contributed by atoms with Crippen LogP contribution in [0.1, 0.15) is 76.1 Å². The van der Waals surface area contributed by atoms with Crippen LogP contribution in [0.2, 0.25) is 0 Å². The Morgan fingerprint density at radius 1 is 0.743 bits per heavy atom. The van der Waals surface area contributed by atoms with E-state index in [1.54, 1.807) is 47.1 Å². The van der Waals surface area contributed by atoms with Gasteiger partial charge in [-0.2, -0.15) is 0 Å². The zero-order valence-corrected chi connectivity index (χ0v) is 39.6. The van der Waals surface area contributed by atoms with E-state index in [2.05, 4.69) is 30.6 Å². The van der Waals surface area contributed by atoms with Crippen molar-refractivity contribution >= 4 is 34.9 Å². The maximum absolute atomic E-state index is 16.9. The van der Waals surface area contributed by atoms with Gasteiger partial charge in [0, 0.05) is 34.9 Å². The van der Waals surface area contributed by atoms with Crippen LogP contribution in [0.15, 0.2) is 73.1 Å². The molecule has 3 aromatic heterocycles. The Morgan fingerprint density at radius 2 is 1.31 bits per heavy atom. The molecule has 4 N–H and O–H groups in total. The maximum atomic E-state index is 16.9. The molecule has 2 fully saturated rings. The van der Waals surface area contributed by atoms with Crippen molar-refractivity contribution in [2.75, 3.05) is 34.4 Å². The first kappa shape index (κ1) is 47.6. The number of rotatable bonds is 12. The Morgan fingerprint density at radius 3 is 1.86 bits per heavy atom. The third kappa shape index (κ3) is 8.85. The van der Waals surface area contributed by atoms with Crippen molar-refractivity contribution in [1.82, 2.24) is 44.9 Å². The van der Waals surface area contributed by atoms with Gasteiger partial charge in [0.2, 0.25) is 18.0 Å². The summed E-state index contributed by atoms with van der Waals surface area (Å²) in [7, 11) is 3.97. The predicted octanol–water partition coefficient (Wildman–Crippen LogP) is 8.16. The highest BCUT2D eigenvalue weighted by Crippen LogP contribution is 2.48. The van der Waals surface area contributed by atoms with Crippen LogP contribution in [-0.4, -0.2) is 117 Å². The van der Waals surface area contributed by atoms with Crippen molar-refractivity contribution < 1.29 is 51.3 Å². The predicted molar refractivity (Wildman–Crippen MR) is 251 cm³/mol. The highest BCUT2D eigenvalue weighted by Gasteiger charge is 2.43. The van der Waals surface area contributed by atoms with Crippen LogP contribution < -0.4 is 20.1 Å². The molecule has 0 bridgehead atoms. The highest BCUT2D eigenvalue weighted by atomic mass is 19.1. The summed E-state index contributed by atoms with van der Waals surface area (Å²) in [4.78, 5) is 70.2. The second-order valence-corrected chi connectivity index (χ2v) is 18.5. The number of hydrogen-bond acceptors (Lipinski definition) is 10. The first-order valence-corrected chi connectivity index (χ1v) is 23.0. The minimum absolute atomic E-state index is 0.0169. The van der Waals surface area contributed by atoms with Crippen molar-refractivity contribution in [1.29, 1.82) is 0 Å². The third-order valence-electron chi connectivity index (χ3n) is 13.3. The van der Waals surface area contributed by atoms with Crippen LogP contribution >= 0.6 is 0 Å². The lowest BCUT2D eigenvalue weighted by Crippen LogP contribution is -2.51. The van der Waals surface area contributed by atoms with Crippen LogP contribution in [0.5, 0.6) is 11.5 Å². The lowest BCUT2D eigenvalue weighted by molar-refractivity contribution is -0.136. The summed E-state index contributed by atoms with van der Waals surface area (Å²) >= 11 is 0. The Bertz CT molecular complexity index is 2970. The fourth-order valence-electron chi connectivity index (χ4n) is 9.75. The quantitative estimate of drug-likeness (QED) is 0.0929. The van der Waals surface area contributed by atoms with Crippen LogP contribution in [0.3, 0.4) is 0 Å². The minimum Gasteiger partial charge on any atom is -0.497 e. The largest absolute Gasteiger partial charge is 0.497 e. The zero-order chi connectivity index (χ0) is 49.7. The molecule has 3 aliphatic heterocycles. The number of fused-ring (bicyclic) bond motifs is 5. The van der Waals surface area contributed by atoms with Gasteiger partial charge in [0.25, 0.3) is 0 Å². The monoisotopic (exact) mass is 965 g/mol. The molecule has 3 aromatic carbocycles. The van der Waals surface area contributed by atoms with E-state index in [-0.39, 0.29) is 49.1 Å². The number of carbonyl (C=O) groups excluding carboxylic acids is 4. The van der Waals surface area contributed by atoms with Crippen molar-refractivity contribution in [2.24, 2.45) is 11.8 Å². The Kier molecular flexibility index (Phi) is 13.0. The Balaban J connectivity index is 1.05. The number of likely N-dealkylation sites (tertiary alicyclic amines) is 2. The number of alkyl halides is 2. The Labute approximate surface area is 401 Å². The van der Waals surface area contributed by atoms with Crippen LogP contribution in [0.25, 0.3) is 44.7 Å². The molecule has 70 heavy (non-hydrogen) atoms. The minimum atomic E-state index is -1.34. The van der Waals surface area contributed by atoms with E-state index in [4.69, 9.17) is 18.9 Å². The second-order valence-electron chi connectivity index (χ2n) is 18.5. The number of halogens is 3. The molecule has 368 valence electrons. The van der Waals surface area contributed by atoms with E-state index in [0.717, 1.165) is 22.0 Å². The van der Waals surface area contributed by atoms with Gasteiger partial charge in [-0.15, -0.1) is 0 Å². The summed E-state index contributed by atoms with van der Waals surface area (Å²) in [6.45, 7) is 6.73. The lowest BCUT2D eigenvalue weighted by atomic mass is 10.0. The molecule has 9 rings (SSSR count). The van der Waals surface area contributed by atoms with E-state index in [1.165, 1.54) is 36.3 Å². The number of aromatic amines is 2. The number of aromatic nitrogens is 5. The van der Waals surface area contributed by atoms with Crippen LogP contribution in [-0.2, 0) is 19.1 Å². The SMILES string of the molecule is COC(=O)N[C@@H](C(=O)N1C[C@H](F)C[C@H]1c1ncc(-c2cc(F)c3c(c2)OC(c2cccc(OC)c2)n2c-3cc3cc(-c4cnc([C@@H]5C[C@@H](F)CN5C(=O)[C@H](NC(=O)OC)C(C)C)[nH]4)ccc32)[nH]1)C(C)C. The lowest BCUT2D eigenvalue weighted by Gasteiger charge is -2.31. The normalized spacial score (nSPS) is 20.5. The van der Waals surface area contributed by atoms with Gasteiger partial charge >= 0.3 is 12.2 Å². The van der Waals surface area contributed by atoms with Gasteiger partial charge in [-0.1, -0.05) is 45.9 Å². The van der Waals surface area contributed by atoms with Crippen molar-refractivity contribution in [3.8, 4) is 45.3 Å². The molecule has 0 radical (unpaired) electrons. The standard InChI is InChI=1S/C50H54F3N9O8/c1-24(2)42(58-49(65)68-6)46(63)60-22-30(51)18-38(60)44-54-20-34(56-44)26-11-12-36-29(13-26)16-37-41-33(53)15-28(17-40(41)70-48(62(36)37)27-9-8-10-32(14-27)67-5)35-21-55-45(57-35)39-19-31(52)23-61(39)47(64)43(25(3)4)59-50(66)69-7/h8-17,20-21,24-25,30-31,38-39,42-43,48H,18-19,22-23H2,1-7H3,(H,54,56)(H,55,57)(H,58,65)(H,59,66)/t30-,31-,38+,39+,42-,43-,48?/m1/s1. The van der Waals surface area contributed by atoms with Gasteiger partial charge in [-0.3, -0.25) is 9.59 Å². The summed E-state index contributed by atoms with van der Waals surface area (Å²) in [5.74, 6) is -0.634. The number of amides is 4. The van der Waals surface area contributed by atoms with Crippen LogP contribution in [0.4, 0.5) is 22.8 Å². The molecule has 0 spiro atoms. The second kappa shape index (κ2) is 19.1. The average Bonchev–Trinajstić information content (AvgIpc) is 4.21. The van der Waals surface area contributed by atoms with E-state index in [0.29, 0.717) is 40.0 Å². The molecule has 6 heterocycles. The van der Waals surface area contributed by atoms with Crippen molar-refractivity contribution in [3.05, 3.63) is 96.1 Å². The number of ether oxygens (including phenoxy) is 4. The van der Waals surface area contributed by atoms with Crippen molar-refractivity contribution in [2.45, 2.75) is 83.3 Å². The fraction of sp³-hybridized carbons (Fsp3) is 0.400. The molecule has 1 unspecified atom stereocenters. The number of methoxy groups -OCH3 is 3. The van der Waals surface area contributed by atoms with Gasteiger partial charge < -0.3 is 53.9 Å². The summed E-state index contributed by atoms with van der Waals surface area (Å²) in [5, 5.41) is 5.89. The molecule has 20 heteroatoms. The number of hydrogen-bond donors (Lipinski definition) is 4. The molecule has 7 atom stereocenters. The highest BCUT2D eigenvalue weighted by molar-refractivity contribution is 5.93. The van der Waals surface area contributed by atoms with E-state index in [9.17, 15) is 19.2 Å². The molecule has 0 saturated carbocycles. The summed E-state index contributed by atoms with van der Waals surface area (Å²) in [6, 6.07) is 14.6. The molecule has 2 saturated heterocycles. The van der Waals surface area contributed by atoms with E-state index < -0.39 is 72.6 Å². The molecule has 3 aliphatic rings. The Hall–Kier alpha value is -7.51. The van der Waals surface area contributed by atoms with Gasteiger partial charge in [0.05, 0.1) is 87.1 Å². The smallest absolute Gasteiger partial charge is 0.407 e. The number of carbonyl (C=O) groups is 4. The fourth-order valence-corrected chi connectivity index (χ4v) is 9.75. The first-order valence-electron chi connectivity index (χ1n) is 23.0. The number of benzene rings is 3. The van der Waals surface area contributed by atoms with Crippen LogP contribution in [0, 0.1) is 17.7 Å². The topological polar surface area (TPSA) is 198 Å². The summed E-state index contributed by atoms with van der Waals surface area (Å²) in [5.41, 5.74) is 4.31. The number of alkyl carbamates (subject to hydrolysis) is 2. The summed E-state index contributed by atoms with van der Waals surface area (Å²) < 4.78 is 70.8. The molecule has 6 aromatic rings. The third-order valence-corrected chi connectivity index (χ3v) is 13.3. The number of nitrogens with zero attached hydrogens (tertiary/aromatic N) is 5. The number of imidazole rings is 2. The molecule has 0 aliphatic carbocycles. The van der Waals surface area contributed by atoms with Crippen molar-refractivity contribution in [3.63, 3.8) is 0 Å². The van der Waals surface area contributed by atoms with E-state index >= 15 is 13.2 Å². The maximum Gasteiger partial charge on any atom is 0.407 e. The first-order chi connectivity index (χ1) is 33.6. The zero-order valence-electron chi connectivity index (χ0n) is 39.6. The van der Waals surface area contributed by atoms with Gasteiger partial charge in [-0.25, -0.2) is 32.7 Å². The van der Waals surface area contributed by atoms with E-state index in [1.807, 2.05) is 53.1 Å². The van der Waals surface area contributed by atoms with Gasteiger partial charge in [0.15, 0.2) is 0 Å². The molecular weight excluding hydrogens is 912 g/mol. The number of nitrogens with one attached hydrogen (secondary N) is 4. The van der Waals surface area contributed by atoms with Gasteiger partial charge in [-0.05, 0) is 54.3 Å². The van der Waals surface area contributed by atoms with Gasteiger partial charge in [0.1, 0.15) is 53.4 Å². The summed E-state index contributed by atoms with van der Waals surface area (Å²) in [6.07, 6.45) is -1.88.